The average Bonchev–Trinajstić information content (AvgIpc) is 2.80. The van der Waals surface area contributed by atoms with Crippen molar-refractivity contribution in [3.8, 4) is 17.1 Å². The summed E-state index contributed by atoms with van der Waals surface area (Å²) in [6, 6.07) is 12.3. The number of hydrogen-bond acceptors (Lipinski definition) is 6. The molecule has 4 rings (SSSR count). The number of nitrogens with one attached hydrogen (secondary N) is 2. The lowest BCUT2D eigenvalue weighted by molar-refractivity contribution is -0.139. The van der Waals surface area contributed by atoms with Crippen LogP contribution in [0.25, 0.3) is 11.3 Å². The zero-order valence-electron chi connectivity index (χ0n) is 20.9. The van der Waals surface area contributed by atoms with E-state index in [2.05, 4.69) is 20.0 Å². The Morgan fingerprint density at radius 3 is 2.46 bits per heavy atom. The molecule has 0 amide bonds. The summed E-state index contributed by atoms with van der Waals surface area (Å²) in [5, 5.41) is 3.20. The number of halogens is 3. The van der Waals surface area contributed by atoms with E-state index in [1.807, 2.05) is 27.7 Å². The highest BCUT2D eigenvalue weighted by molar-refractivity contribution is 7.92. The second-order valence-corrected chi connectivity index (χ2v) is 11.4. The molecule has 2 heterocycles. The van der Waals surface area contributed by atoms with Crippen LogP contribution < -0.4 is 14.8 Å². The summed E-state index contributed by atoms with van der Waals surface area (Å²) in [5.41, 5.74) is -0.242. The van der Waals surface area contributed by atoms with Crippen molar-refractivity contribution in [1.82, 2.24) is 9.97 Å². The molecule has 0 fully saturated rings. The molecular weight excluding hydrogens is 505 g/mol. The standard InChI is InChI=1S/C26H29F3N4O3S/c1-15(2)12-18-14-36-24-22(26(27,28)29)23(21-11-6-5-10-20(21)16(3)4)31-25(32-24)33-37(34,35)19-9-7-8-17(13-19)30-18/h5-11,13,15-16,18,30H,12,14H2,1-4H3,(H,31,32,33)/t18-/m1/s1. The molecule has 0 aliphatic carbocycles. The van der Waals surface area contributed by atoms with E-state index in [0.717, 1.165) is 0 Å². The minimum Gasteiger partial charge on any atom is -0.475 e. The lowest BCUT2D eigenvalue weighted by atomic mass is 9.93. The van der Waals surface area contributed by atoms with E-state index >= 15 is 0 Å². The Morgan fingerprint density at radius 1 is 1.05 bits per heavy atom. The maximum absolute atomic E-state index is 14.5. The molecule has 0 spiro atoms. The fourth-order valence-corrected chi connectivity index (χ4v) is 5.33. The van der Waals surface area contributed by atoms with Gasteiger partial charge in [-0.15, -0.1) is 0 Å². The third-order valence-electron chi connectivity index (χ3n) is 5.92. The molecular formula is C26H29F3N4O3S. The highest BCUT2D eigenvalue weighted by Crippen LogP contribution is 2.44. The van der Waals surface area contributed by atoms with Gasteiger partial charge in [0.2, 0.25) is 11.8 Å². The minimum absolute atomic E-state index is 0.0727. The van der Waals surface area contributed by atoms with Crippen LogP contribution in [0, 0.1) is 5.92 Å². The fraction of sp³-hybridized carbons (Fsp3) is 0.385. The number of alkyl halides is 3. The maximum atomic E-state index is 14.5. The number of ether oxygens (including phenoxy) is 1. The van der Waals surface area contributed by atoms with Gasteiger partial charge in [0.05, 0.1) is 16.6 Å². The van der Waals surface area contributed by atoms with Gasteiger partial charge in [-0.05, 0) is 42.0 Å². The first-order chi connectivity index (χ1) is 17.3. The van der Waals surface area contributed by atoms with Crippen molar-refractivity contribution in [2.75, 3.05) is 16.6 Å². The number of aromatic nitrogens is 2. The summed E-state index contributed by atoms with van der Waals surface area (Å²) in [4.78, 5) is 7.94. The number of nitrogens with zero attached hydrogens (tertiary/aromatic N) is 2. The first-order valence-corrected chi connectivity index (χ1v) is 13.4. The Bertz CT molecular complexity index is 1390. The molecule has 1 aliphatic rings. The second-order valence-electron chi connectivity index (χ2n) is 9.73. The van der Waals surface area contributed by atoms with E-state index in [1.165, 1.54) is 18.2 Å². The van der Waals surface area contributed by atoms with Crippen LogP contribution in [0.2, 0.25) is 0 Å². The molecule has 4 bridgehead atoms. The van der Waals surface area contributed by atoms with Crippen molar-refractivity contribution in [2.45, 2.75) is 57.1 Å². The van der Waals surface area contributed by atoms with Gasteiger partial charge in [0, 0.05) is 11.3 Å². The first kappa shape index (κ1) is 26.7. The molecule has 11 heteroatoms. The van der Waals surface area contributed by atoms with Crippen LogP contribution in [0.3, 0.4) is 0 Å². The van der Waals surface area contributed by atoms with Gasteiger partial charge in [0.1, 0.15) is 12.2 Å². The Hall–Kier alpha value is -3.34. The van der Waals surface area contributed by atoms with Gasteiger partial charge in [0.15, 0.2) is 0 Å². The maximum Gasteiger partial charge on any atom is 0.423 e. The zero-order valence-corrected chi connectivity index (χ0v) is 21.7. The minimum atomic E-state index is -4.87. The lowest BCUT2D eigenvalue weighted by Crippen LogP contribution is -2.30. The van der Waals surface area contributed by atoms with Crippen molar-refractivity contribution in [3.05, 3.63) is 59.7 Å². The van der Waals surface area contributed by atoms with Gasteiger partial charge in [-0.25, -0.2) is 18.1 Å². The first-order valence-electron chi connectivity index (χ1n) is 12.0. The van der Waals surface area contributed by atoms with E-state index in [0.29, 0.717) is 17.7 Å². The van der Waals surface area contributed by atoms with E-state index < -0.39 is 45.3 Å². The molecule has 2 N–H and O–H groups in total. The smallest absolute Gasteiger partial charge is 0.423 e. The van der Waals surface area contributed by atoms with E-state index in [9.17, 15) is 21.6 Å². The van der Waals surface area contributed by atoms with Crippen molar-refractivity contribution in [3.63, 3.8) is 0 Å². The highest BCUT2D eigenvalue weighted by atomic mass is 32.2. The third-order valence-corrected chi connectivity index (χ3v) is 7.24. The van der Waals surface area contributed by atoms with Crippen LogP contribution in [0.15, 0.2) is 53.4 Å². The van der Waals surface area contributed by atoms with Gasteiger partial charge in [-0.1, -0.05) is 58.0 Å². The Labute approximate surface area is 214 Å². The molecule has 37 heavy (non-hydrogen) atoms. The molecule has 7 nitrogen and oxygen atoms in total. The molecule has 1 aromatic heterocycles. The normalized spacial score (nSPS) is 17.3. The second kappa shape index (κ2) is 10.2. The largest absolute Gasteiger partial charge is 0.475 e. The lowest BCUT2D eigenvalue weighted by Gasteiger charge is -2.25. The average molecular weight is 535 g/mol. The summed E-state index contributed by atoms with van der Waals surface area (Å²) >= 11 is 0. The van der Waals surface area contributed by atoms with Crippen LogP contribution in [0.1, 0.15) is 51.2 Å². The predicted octanol–water partition coefficient (Wildman–Crippen LogP) is 6.31. The Balaban J connectivity index is 1.98. The van der Waals surface area contributed by atoms with Crippen LogP contribution >= 0.6 is 0 Å². The topological polar surface area (TPSA) is 93.2 Å². The molecule has 0 saturated heterocycles. The summed E-state index contributed by atoms with van der Waals surface area (Å²) < 4.78 is 77.9. The number of rotatable bonds is 4. The molecule has 198 valence electrons. The van der Waals surface area contributed by atoms with Crippen molar-refractivity contribution >= 4 is 21.7 Å². The molecule has 1 aliphatic heterocycles. The van der Waals surface area contributed by atoms with Gasteiger partial charge in [-0.3, -0.25) is 0 Å². The monoisotopic (exact) mass is 534 g/mol. The third kappa shape index (κ3) is 5.98. The van der Waals surface area contributed by atoms with Gasteiger partial charge < -0.3 is 10.1 Å². The number of sulfonamides is 1. The number of hydrogen-bond donors (Lipinski definition) is 2. The van der Waals surface area contributed by atoms with Gasteiger partial charge in [-0.2, -0.15) is 18.2 Å². The number of anilines is 2. The SMILES string of the molecule is CC(C)C[C@@H]1COc2nc(nc(-c3ccccc3C(C)C)c2C(F)(F)F)NS(=O)(=O)c2cccc(c2)N1. The van der Waals surface area contributed by atoms with Crippen molar-refractivity contribution in [1.29, 1.82) is 0 Å². The van der Waals surface area contributed by atoms with Gasteiger partial charge >= 0.3 is 6.18 Å². The van der Waals surface area contributed by atoms with E-state index in [-0.39, 0.29) is 28.9 Å². The van der Waals surface area contributed by atoms with Crippen molar-refractivity contribution < 1.29 is 26.3 Å². The number of fused-ring (bicyclic) bond motifs is 4. The van der Waals surface area contributed by atoms with Crippen LogP contribution in [0.5, 0.6) is 5.88 Å². The Kier molecular flexibility index (Phi) is 7.36. The molecule has 0 radical (unpaired) electrons. The zero-order chi connectivity index (χ0) is 27.0. The highest BCUT2D eigenvalue weighted by Gasteiger charge is 2.41. The van der Waals surface area contributed by atoms with Crippen molar-refractivity contribution in [2.24, 2.45) is 5.92 Å². The van der Waals surface area contributed by atoms with E-state index in [1.54, 1.807) is 30.3 Å². The molecule has 3 aromatic rings. The molecule has 0 saturated carbocycles. The van der Waals surface area contributed by atoms with Gasteiger partial charge in [0.25, 0.3) is 10.0 Å². The van der Waals surface area contributed by atoms with Crippen LogP contribution in [-0.2, 0) is 16.2 Å². The Morgan fingerprint density at radius 2 is 1.78 bits per heavy atom. The summed E-state index contributed by atoms with van der Waals surface area (Å²) in [6.45, 7) is 7.55. The molecule has 1 atom stereocenters. The summed E-state index contributed by atoms with van der Waals surface area (Å²) in [6.07, 6.45) is -4.30. The van der Waals surface area contributed by atoms with Crippen LogP contribution in [0.4, 0.5) is 24.8 Å². The molecule has 2 aromatic carbocycles. The number of benzene rings is 2. The predicted molar refractivity (Wildman–Crippen MR) is 136 cm³/mol. The molecule has 0 unspecified atom stereocenters. The quantitative estimate of drug-likeness (QED) is 0.408. The van der Waals surface area contributed by atoms with Crippen LogP contribution in [-0.4, -0.2) is 31.0 Å². The summed E-state index contributed by atoms with van der Waals surface area (Å²) in [5.74, 6) is -1.16. The summed E-state index contributed by atoms with van der Waals surface area (Å²) in [7, 11) is -4.21. The van der Waals surface area contributed by atoms with E-state index in [4.69, 9.17) is 4.74 Å². The fourth-order valence-electron chi connectivity index (χ4n) is 4.34.